The van der Waals surface area contributed by atoms with Crippen LogP contribution in [-0.4, -0.2) is 67.4 Å². The Balaban J connectivity index is 1.49. The third-order valence-corrected chi connectivity index (χ3v) is 5.77. The molecule has 1 aliphatic heterocycles. The molecule has 2 aromatic carbocycles. The van der Waals surface area contributed by atoms with Crippen LogP contribution in [0, 0.1) is 13.8 Å². The van der Waals surface area contributed by atoms with Crippen LogP contribution in [0.2, 0.25) is 0 Å². The predicted molar refractivity (Wildman–Crippen MR) is 122 cm³/mol. The summed E-state index contributed by atoms with van der Waals surface area (Å²) in [5.74, 6) is -0.218. The normalized spacial score (nSPS) is 15.5. The van der Waals surface area contributed by atoms with Crippen LogP contribution in [0.25, 0.3) is 0 Å². The molecule has 0 aliphatic carbocycles. The highest BCUT2D eigenvalue weighted by molar-refractivity contribution is 5.95. The van der Waals surface area contributed by atoms with E-state index >= 15 is 0 Å². The topological polar surface area (TPSA) is 55.9 Å². The number of rotatable bonds is 6. The van der Waals surface area contributed by atoms with E-state index in [1.54, 1.807) is 7.05 Å². The van der Waals surface area contributed by atoms with Crippen molar-refractivity contribution in [1.82, 2.24) is 9.80 Å². The number of anilines is 2. The number of nitrogens with zero attached hydrogens (tertiary/aromatic N) is 3. The average molecular weight is 409 g/mol. The fourth-order valence-electron chi connectivity index (χ4n) is 3.87. The maximum Gasteiger partial charge on any atom is 0.243 e. The molecule has 1 aliphatic rings. The minimum Gasteiger partial charge on any atom is -0.369 e. The molecule has 1 N–H and O–H groups in total. The summed E-state index contributed by atoms with van der Waals surface area (Å²) in [7, 11) is 1.69. The first kappa shape index (κ1) is 21.8. The number of para-hydroxylation sites is 1. The van der Waals surface area contributed by atoms with Gasteiger partial charge >= 0.3 is 0 Å². The number of aryl methyl sites for hydroxylation is 2. The maximum atomic E-state index is 12.9. The van der Waals surface area contributed by atoms with Crippen molar-refractivity contribution in [2.45, 2.75) is 26.8 Å². The number of piperazine rings is 1. The Kier molecular flexibility index (Phi) is 7.11. The number of carbonyl (C=O) groups excluding carboxylic acids is 2. The van der Waals surface area contributed by atoms with Crippen LogP contribution in [0.1, 0.15) is 18.1 Å². The van der Waals surface area contributed by atoms with Crippen LogP contribution in [0.3, 0.4) is 0 Å². The monoisotopic (exact) mass is 408 g/mol. The number of nitrogens with one attached hydrogen (secondary N) is 1. The van der Waals surface area contributed by atoms with E-state index in [0.29, 0.717) is 0 Å². The van der Waals surface area contributed by atoms with Crippen molar-refractivity contribution in [3.8, 4) is 0 Å². The average Bonchev–Trinajstić information content (AvgIpc) is 2.74. The SMILES string of the molecule is Cc1ccc(NC(=O)CN(C)C(=O)[C@H](C)N2CCN(c3ccccc3C)CC2)cc1. The molecule has 0 bridgehead atoms. The van der Waals surface area contributed by atoms with Crippen LogP contribution >= 0.6 is 0 Å². The van der Waals surface area contributed by atoms with Gasteiger partial charge in [0, 0.05) is 44.6 Å². The van der Waals surface area contributed by atoms with Crippen molar-refractivity contribution < 1.29 is 9.59 Å². The lowest BCUT2D eigenvalue weighted by Crippen LogP contribution is -2.54. The first-order valence-corrected chi connectivity index (χ1v) is 10.5. The molecular weight excluding hydrogens is 376 g/mol. The number of benzene rings is 2. The van der Waals surface area contributed by atoms with E-state index < -0.39 is 0 Å². The molecule has 0 spiro atoms. The van der Waals surface area contributed by atoms with Crippen LogP contribution < -0.4 is 10.2 Å². The van der Waals surface area contributed by atoms with Crippen molar-refractivity contribution in [3.63, 3.8) is 0 Å². The predicted octanol–water partition coefficient (Wildman–Crippen LogP) is 2.91. The van der Waals surface area contributed by atoms with Gasteiger partial charge < -0.3 is 15.1 Å². The molecule has 1 heterocycles. The van der Waals surface area contributed by atoms with Crippen molar-refractivity contribution in [2.24, 2.45) is 0 Å². The Morgan fingerprint density at radius 1 is 1.00 bits per heavy atom. The fourth-order valence-corrected chi connectivity index (χ4v) is 3.87. The van der Waals surface area contributed by atoms with Crippen molar-refractivity contribution in [3.05, 3.63) is 59.7 Å². The largest absolute Gasteiger partial charge is 0.369 e. The zero-order valence-electron chi connectivity index (χ0n) is 18.4. The second-order valence-electron chi connectivity index (χ2n) is 8.09. The van der Waals surface area contributed by atoms with Gasteiger partial charge in [0.25, 0.3) is 0 Å². The Morgan fingerprint density at radius 2 is 1.63 bits per heavy atom. The lowest BCUT2D eigenvalue weighted by molar-refractivity contribution is -0.137. The lowest BCUT2D eigenvalue weighted by atomic mass is 10.1. The molecule has 1 saturated heterocycles. The van der Waals surface area contributed by atoms with Gasteiger partial charge in [0.2, 0.25) is 11.8 Å². The molecular formula is C24H32N4O2. The Labute approximate surface area is 179 Å². The Hall–Kier alpha value is -2.86. The van der Waals surface area contributed by atoms with Gasteiger partial charge in [0.15, 0.2) is 0 Å². The van der Waals surface area contributed by atoms with E-state index in [1.165, 1.54) is 16.2 Å². The third-order valence-electron chi connectivity index (χ3n) is 5.77. The van der Waals surface area contributed by atoms with Gasteiger partial charge in [-0.15, -0.1) is 0 Å². The van der Waals surface area contributed by atoms with Gasteiger partial charge in [-0.25, -0.2) is 0 Å². The summed E-state index contributed by atoms with van der Waals surface area (Å²) in [5.41, 5.74) is 4.42. The summed E-state index contributed by atoms with van der Waals surface area (Å²) in [5, 5.41) is 2.85. The molecule has 3 rings (SSSR count). The van der Waals surface area contributed by atoms with E-state index in [-0.39, 0.29) is 24.4 Å². The molecule has 0 saturated carbocycles. The van der Waals surface area contributed by atoms with Gasteiger partial charge in [-0.2, -0.15) is 0 Å². The van der Waals surface area contributed by atoms with E-state index in [0.717, 1.165) is 37.4 Å². The molecule has 1 fully saturated rings. The quantitative estimate of drug-likeness (QED) is 0.799. The van der Waals surface area contributed by atoms with Crippen LogP contribution in [-0.2, 0) is 9.59 Å². The second-order valence-corrected chi connectivity index (χ2v) is 8.09. The van der Waals surface area contributed by atoms with Gasteiger partial charge in [-0.1, -0.05) is 35.9 Å². The Morgan fingerprint density at radius 3 is 2.27 bits per heavy atom. The first-order valence-electron chi connectivity index (χ1n) is 10.5. The van der Waals surface area contributed by atoms with Crippen molar-refractivity contribution >= 4 is 23.2 Å². The number of likely N-dealkylation sites (N-methyl/N-ethyl adjacent to an activating group) is 1. The maximum absolute atomic E-state index is 12.9. The van der Waals surface area contributed by atoms with Crippen LogP contribution in [0.15, 0.2) is 48.5 Å². The number of hydrogen-bond acceptors (Lipinski definition) is 4. The number of amides is 2. The highest BCUT2D eigenvalue weighted by atomic mass is 16.2. The molecule has 6 nitrogen and oxygen atoms in total. The summed E-state index contributed by atoms with van der Waals surface area (Å²) in [6, 6.07) is 15.8. The lowest BCUT2D eigenvalue weighted by Gasteiger charge is -2.39. The molecule has 160 valence electrons. The molecule has 1 atom stereocenters. The van der Waals surface area contributed by atoms with Gasteiger partial charge in [0.05, 0.1) is 12.6 Å². The van der Waals surface area contributed by atoms with Gasteiger partial charge in [-0.3, -0.25) is 14.5 Å². The van der Waals surface area contributed by atoms with Crippen molar-refractivity contribution in [1.29, 1.82) is 0 Å². The molecule has 2 aromatic rings. The minimum atomic E-state index is -0.249. The minimum absolute atomic E-state index is 0.0293. The molecule has 2 amide bonds. The van der Waals surface area contributed by atoms with Gasteiger partial charge in [0.1, 0.15) is 0 Å². The molecule has 6 heteroatoms. The first-order chi connectivity index (χ1) is 14.3. The van der Waals surface area contributed by atoms with Gasteiger partial charge in [-0.05, 0) is 44.5 Å². The van der Waals surface area contributed by atoms with E-state index in [1.807, 2.05) is 38.1 Å². The molecule has 0 aromatic heterocycles. The summed E-state index contributed by atoms with van der Waals surface area (Å²) in [6.07, 6.45) is 0. The van der Waals surface area contributed by atoms with E-state index in [2.05, 4.69) is 46.3 Å². The highest BCUT2D eigenvalue weighted by Gasteiger charge is 2.28. The second kappa shape index (κ2) is 9.76. The zero-order chi connectivity index (χ0) is 21.7. The van der Waals surface area contributed by atoms with E-state index in [9.17, 15) is 9.59 Å². The molecule has 30 heavy (non-hydrogen) atoms. The zero-order valence-corrected chi connectivity index (χ0v) is 18.4. The van der Waals surface area contributed by atoms with E-state index in [4.69, 9.17) is 0 Å². The summed E-state index contributed by atoms with van der Waals surface area (Å²) < 4.78 is 0. The molecule has 0 unspecified atom stereocenters. The number of carbonyl (C=O) groups is 2. The van der Waals surface area contributed by atoms with Crippen LogP contribution in [0.5, 0.6) is 0 Å². The standard InChI is InChI=1S/C24H32N4O2/c1-18-9-11-21(12-10-18)25-23(29)17-26(4)24(30)20(3)27-13-15-28(16-14-27)22-8-6-5-7-19(22)2/h5-12,20H,13-17H2,1-4H3,(H,25,29)/t20-/m0/s1. The summed E-state index contributed by atoms with van der Waals surface area (Å²) >= 11 is 0. The Bertz CT molecular complexity index is 873. The highest BCUT2D eigenvalue weighted by Crippen LogP contribution is 2.21. The summed E-state index contributed by atoms with van der Waals surface area (Å²) in [4.78, 5) is 31.3. The molecule has 0 radical (unpaired) electrons. The number of hydrogen-bond donors (Lipinski definition) is 1. The summed E-state index contributed by atoms with van der Waals surface area (Å²) in [6.45, 7) is 9.53. The smallest absolute Gasteiger partial charge is 0.243 e. The third kappa shape index (κ3) is 5.39. The van der Waals surface area contributed by atoms with Crippen LogP contribution in [0.4, 0.5) is 11.4 Å². The van der Waals surface area contributed by atoms with Crippen molar-refractivity contribution in [2.75, 3.05) is 50.0 Å². The fraction of sp³-hybridized carbons (Fsp3) is 0.417.